The smallest absolute Gasteiger partial charge is 0.410 e. The lowest BCUT2D eigenvalue weighted by molar-refractivity contribution is -0.116. The van der Waals surface area contributed by atoms with Gasteiger partial charge in [-0.2, -0.15) is 9.50 Å². The van der Waals surface area contributed by atoms with E-state index in [1.165, 1.54) is 4.52 Å². The minimum atomic E-state index is -9.89. The third-order valence-electron chi connectivity index (χ3n) is 8.34. The lowest BCUT2D eigenvalue weighted by Crippen LogP contribution is -2.40. The van der Waals surface area contributed by atoms with E-state index in [0.29, 0.717) is 49.7 Å². The van der Waals surface area contributed by atoms with Crippen LogP contribution < -0.4 is 15.8 Å². The second kappa shape index (κ2) is 12.6. The molecule has 49 heavy (non-hydrogen) atoms. The highest BCUT2D eigenvalue weighted by Crippen LogP contribution is 3.02. The molecule has 0 spiro atoms. The van der Waals surface area contributed by atoms with Crippen LogP contribution in [-0.2, 0) is 22.5 Å². The fourth-order valence-corrected chi connectivity index (χ4v) is 6.72. The summed E-state index contributed by atoms with van der Waals surface area (Å²) in [7, 11) is -9.89. The molecule has 0 atom stereocenters. The van der Waals surface area contributed by atoms with Crippen LogP contribution in [0, 0.1) is 0 Å². The number of carbonyl (C=O) groups excluding carboxylic acids is 2. The van der Waals surface area contributed by atoms with Gasteiger partial charge in [0, 0.05) is 31.9 Å². The van der Waals surface area contributed by atoms with Crippen molar-refractivity contribution in [3.8, 4) is 0 Å². The Balaban J connectivity index is 1.52. The number of nitrogens with zero attached hydrogens (tertiary/aromatic N) is 6. The van der Waals surface area contributed by atoms with Gasteiger partial charge in [0.2, 0.25) is 11.7 Å². The van der Waals surface area contributed by atoms with Gasteiger partial charge in [-0.1, -0.05) is 38.8 Å². The molecule has 2 amide bonds. The van der Waals surface area contributed by atoms with E-state index in [9.17, 15) is 33.8 Å². The third kappa shape index (κ3) is 8.54. The fourth-order valence-electron chi connectivity index (χ4n) is 6.07. The quantitative estimate of drug-likeness (QED) is 0.252. The van der Waals surface area contributed by atoms with Crippen molar-refractivity contribution >= 4 is 44.9 Å². The van der Waals surface area contributed by atoms with Crippen LogP contribution in [-0.4, -0.2) is 67.8 Å². The average molecular weight is 716 g/mol. The SMILES string of the molecule is CCc1c(N2CCCN(C(=O)OC(C)(C)C)CC2)c(=O)n2nc(C3=CCCCCC3)nc2n1CC(=O)Nc1ccc(S(F)(F)(F)(F)F)cc1. The summed E-state index contributed by atoms with van der Waals surface area (Å²) in [5, 5.41) is 7.07. The Kier molecular flexibility index (Phi) is 9.31. The first-order valence-electron chi connectivity index (χ1n) is 16.3. The summed E-state index contributed by atoms with van der Waals surface area (Å²) in [5.74, 6) is -0.204. The Morgan fingerprint density at radius 2 is 1.67 bits per heavy atom. The van der Waals surface area contributed by atoms with Gasteiger partial charge in [0.25, 0.3) is 5.56 Å². The van der Waals surface area contributed by atoms with Gasteiger partial charge < -0.3 is 24.4 Å². The van der Waals surface area contributed by atoms with Gasteiger partial charge in [-0.15, -0.1) is 5.10 Å². The molecule has 11 nitrogen and oxygen atoms in total. The van der Waals surface area contributed by atoms with Gasteiger partial charge in [0.1, 0.15) is 22.7 Å². The maximum atomic E-state index is 14.2. The highest BCUT2D eigenvalue weighted by atomic mass is 32.5. The lowest BCUT2D eigenvalue weighted by Gasteiger charge is -2.40. The van der Waals surface area contributed by atoms with Gasteiger partial charge in [0.15, 0.2) is 5.82 Å². The Morgan fingerprint density at radius 3 is 2.33 bits per heavy atom. The monoisotopic (exact) mass is 715 g/mol. The van der Waals surface area contributed by atoms with Crippen molar-refractivity contribution in [2.24, 2.45) is 0 Å². The number of anilines is 2. The number of fused-ring (bicyclic) bond motifs is 1. The molecule has 3 aromatic rings. The zero-order valence-corrected chi connectivity index (χ0v) is 28.8. The minimum absolute atomic E-state index is 0.113. The highest BCUT2D eigenvalue weighted by molar-refractivity contribution is 8.45. The molecule has 1 fully saturated rings. The summed E-state index contributed by atoms with van der Waals surface area (Å²) >= 11 is 0. The lowest BCUT2D eigenvalue weighted by atomic mass is 10.1. The summed E-state index contributed by atoms with van der Waals surface area (Å²) < 4.78 is 74.4. The fraction of sp³-hybridized carbons (Fsp3) is 0.531. The van der Waals surface area contributed by atoms with Crippen LogP contribution in [0.1, 0.15) is 77.7 Å². The molecular formula is C32H42F5N7O4S. The summed E-state index contributed by atoms with van der Waals surface area (Å²) in [4.78, 5) is 46.5. The van der Waals surface area contributed by atoms with Crippen LogP contribution in [0.15, 0.2) is 40.0 Å². The molecule has 2 aliphatic rings. The van der Waals surface area contributed by atoms with Crippen molar-refractivity contribution in [1.82, 2.24) is 24.1 Å². The van der Waals surface area contributed by atoms with Gasteiger partial charge in [-0.3, -0.25) is 9.59 Å². The van der Waals surface area contributed by atoms with Crippen molar-refractivity contribution in [3.63, 3.8) is 0 Å². The number of nitrogens with one attached hydrogen (secondary N) is 1. The molecule has 17 heteroatoms. The Labute approximate surface area is 280 Å². The number of hydrogen-bond acceptors (Lipinski definition) is 7. The number of benzene rings is 1. The van der Waals surface area contributed by atoms with Gasteiger partial charge in [-0.25, -0.2) is 4.79 Å². The maximum Gasteiger partial charge on any atom is 0.410 e. The van der Waals surface area contributed by atoms with E-state index in [1.807, 2.05) is 11.8 Å². The largest absolute Gasteiger partial charge is 0.444 e. The summed E-state index contributed by atoms with van der Waals surface area (Å²) in [5.41, 5.74) is 0.425. The van der Waals surface area contributed by atoms with E-state index in [-0.39, 0.29) is 30.1 Å². The van der Waals surface area contributed by atoms with Crippen LogP contribution in [0.2, 0.25) is 0 Å². The number of ether oxygens (including phenoxy) is 1. The molecule has 3 heterocycles. The first kappa shape index (κ1) is 36.1. The number of aromatic nitrogens is 4. The average Bonchev–Trinajstić information content (AvgIpc) is 3.13. The second-order valence-electron chi connectivity index (χ2n) is 13.4. The molecule has 0 radical (unpaired) electrons. The molecular weight excluding hydrogens is 673 g/mol. The van der Waals surface area contributed by atoms with E-state index in [1.54, 1.807) is 30.2 Å². The van der Waals surface area contributed by atoms with Gasteiger partial charge in [-0.05, 0) is 89.1 Å². The Hall–Kier alpha value is -4.15. The standard InChI is InChI=1S/C32H42F5N7O4S/c1-5-25-27(41-17-10-18-42(20-19-41)31(47)48-32(2,3)4)29(46)44-30(39-28(40-44)22-11-8-6-7-9-12-22)43(25)21-26(45)38-23-13-15-24(16-14-23)49(33,34,35,36)37/h11,13-16H,5-10,12,17-21H2,1-4H3,(H,38,45). The van der Waals surface area contributed by atoms with E-state index >= 15 is 0 Å². The van der Waals surface area contributed by atoms with Crippen LogP contribution in [0.4, 0.5) is 35.6 Å². The summed E-state index contributed by atoms with van der Waals surface area (Å²) in [6.45, 7) is 8.17. The molecule has 0 unspecified atom stereocenters. The minimum Gasteiger partial charge on any atom is -0.444 e. The molecule has 270 valence electrons. The number of rotatable bonds is 7. The molecule has 0 saturated carbocycles. The predicted octanol–water partition coefficient (Wildman–Crippen LogP) is 7.54. The highest BCUT2D eigenvalue weighted by Gasteiger charge is 2.65. The Morgan fingerprint density at radius 1 is 0.959 bits per heavy atom. The number of allylic oxidation sites excluding steroid dienone is 2. The van der Waals surface area contributed by atoms with Crippen LogP contribution in [0.25, 0.3) is 11.4 Å². The molecule has 1 aliphatic heterocycles. The molecule has 2 aromatic heterocycles. The van der Waals surface area contributed by atoms with Gasteiger partial charge >= 0.3 is 16.3 Å². The predicted molar refractivity (Wildman–Crippen MR) is 179 cm³/mol. The van der Waals surface area contributed by atoms with Crippen molar-refractivity contribution in [2.45, 2.75) is 89.7 Å². The number of halogens is 5. The zero-order valence-electron chi connectivity index (χ0n) is 28.0. The maximum absolute atomic E-state index is 14.2. The molecule has 1 N–H and O–H groups in total. The zero-order chi connectivity index (χ0) is 35.8. The topological polar surface area (TPSA) is 114 Å². The van der Waals surface area contributed by atoms with Crippen molar-refractivity contribution in [2.75, 3.05) is 36.4 Å². The van der Waals surface area contributed by atoms with E-state index in [2.05, 4.69) is 16.5 Å². The number of amides is 2. The van der Waals surface area contributed by atoms with E-state index in [4.69, 9.17) is 9.72 Å². The first-order valence-corrected chi connectivity index (χ1v) is 18.3. The van der Waals surface area contributed by atoms with Crippen LogP contribution >= 0.6 is 10.2 Å². The van der Waals surface area contributed by atoms with E-state index < -0.39 is 44.8 Å². The van der Waals surface area contributed by atoms with Gasteiger partial charge in [0.05, 0.1) is 5.69 Å². The first-order chi connectivity index (χ1) is 22.7. The second-order valence-corrected chi connectivity index (χ2v) is 15.8. The normalized spacial score (nSPS) is 17.9. The molecule has 1 saturated heterocycles. The number of hydrogen-bond donors (Lipinski definition) is 1. The summed E-state index contributed by atoms with van der Waals surface area (Å²) in [6, 6.07) is 1.99. The Bertz CT molecular complexity index is 1840. The third-order valence-corrected chi connectivity index (χ3v) is 9.50. The number of carbonyl (C=O) groups is 2. The van der Waals surface area contributed by atoms with Crippen molar-refractivity contribution in [1.29, 1.82) is 0 Å². The molecule has 1 aromatic carbocycles. The molecule has 0 bridgehead atoms. The van der Waals surface area contributed by atoms with Crippen LogP contribution in [0.5, 0.6) is 0 Å². The van der Waals surface area contributed by atoms with Crippen molar-refractivity contribution < 1.29 is 33.8 Å². The summed E-state index contributed by atoms with van der Waals surface area (Å²) in [6.07, 6.45) is 6.99. The molecule has 5 rings (SSSR count). The van der Waals surface area contributed by atoms with Crippen molar-refractivity contribution in [3.05, 3.63) is 52.2 Å². The van der Waals surface area contributed by atoms with E-state index in [0.717, 1.165) is 49.8 Å². The van der Waals surface area contributed by atoms with Crippen LogP contribution in [0.3, 0.4) is 0 Å². The molecule has 1 aliphatic carbocycles.